The molecule has 1 amide bonds. The third-order valence-corrected chi connectivity index (χ3v) is 4.63. The van der Waals surface area contributed by atoms with Gasteiger partial charge in [0.15, 0.2) is 0 Å². The molecule has 1 aromatic rings. The second-order valence-electron chi connectivity index (χ2n) is 6.66. The van der Waals surface area contributed by atoms with Gasteiger partial charge in [0, 0.05) is 5.54 Å². The molecule has 4 heteroatoms. The normalized spacial score (nSPS) is 24.8. The fraction of sp³-hybridized carbons (Fsp3) is 0.611. The topological polar surface area (TPSA) is 64.3 Å². The van der Waals surface area contributed by atoms with Gasteiger partial charge in [-0.3, -0.25) is 4.79 Å². The van der Waals surface area contributed by atoms with Gasteiger partial charge in [0.05, 0.1) is 12.5 Å². The van der Waals surface area contributed by atoms with E-state index in [0.717, 1.165) is 42.6 Å². The van der Waals surface area contributed by atoms with Crippen LogP contribution in [-0.2, 0) is 4.79 Å². The molecule has 3 N–H and O–H groups in total. The van der Waals surface area contributed by atoms with Gasteiger partial charge in [0.2, 0.25) is 5.91 Å². The number of ether oxygens (including phenoxy) is 1. The highest BCUT2D eigenvalue weighted by molar-refractivity contribution is 5.80. The van der Waals surface area contributed by atoms with Gasteiger partial charge in [0.25, 0.3) is 0 Å². The van der Waals surface area contributed by atoms with E-state index in [-0.39, 0.29) is 17.4 Å². The summed E-state index contributed by atoms with van der Waals surface area (Å²) >= 11 is 0. The number of nitrogens with two attached hydrogens (primary N) is 1. The summed E-state index contributed by atoms with van der Waals surface area (Å²) in [5.41, 5.74) is 8.12. The van der Waals surface area contributed by atoms with E-state index in [0.29, 0.717) is 13.2 Å². The zero-order valence-corrected chi connectivity index (χ0v) is 13.9. The zero-order valence-electron chi connectivity index (χ0n) is 13.9. The molecule has 2 atom stereocenters. The molecule has 2 unspecified atom stereocenters. The van der Waals surface area contributed by atoms with Gasteiger partial charge in [-0.05, 0) is 44.7 Å². The molecular formula is C18H28N2O2. The summed E-state index contributed by atoms with van der Waals surface area (Å²) in [5.74, 6) is 0.898. The Morgan fingerprint density at radius 3 is 2.68 bits per heavy atom. The molecule has 22 heavy (non-hydrogen) atoms. The van der Waals surface area contributed by atoms with E-state index >= 15 is 0 Å². The van der Waals surface area contributed by atoms with Crippen LogP contribution in [-0.4, -0.2) is 24.6 Å². The van der Waals surface area contributed by atoms with Crippen LogP contribution in [0.5, 0.6) is 5.75 Å². The third-order valence-electron chi connectivity index (χ3n) is 4.63. The minimum absolute atomic E-state index is 0.0646. The first-order valence-electron chi connectivity index (χ1n) is 8.17. The maximum absolute atomic E-state index is 12.3. The van der Waals surface area contributed by atoms with Crippen LogP contribution >= 0.6 is 0 Å². The summed E-state index contributed by atoms with van der Waals surface area (Å²) in [7, 11) is 0. The summed E-state index contributed by atoms with van der Waals surface area (Å²) in [6.07, 6.45) is 4.01. The van der Waals surface area contributed by atoms with Crippen molar-refractivity contribution in [3.05, 3.63) is 29.3 Å². The molecular weight excluding hydrogens is 276 g/mol. The van der Waals surface area contributed by atoms with E-state index < -0.39 is 0 Å². The van der Waals surface area contributed by atoms with Gasteiger partial charge < -0.3 is 15.8 Å². The largest absolute Gasteiger partial charge is 0.491 e. The van der Waals surface area contributed by atoms with E-state index in [9.17, 15) is 4.79 Å². The molecule has 1 aliphatic rings. The van der Waals surface area contributed by atoms with Crippen LogP contribution < -0.4 is 15.8 Å². The summed E-state index contributed by atoms with van der Waals surface area (Å²) in [4.78, 5) is 12.3. The van der Waals surface area contributed by atoms with Crippen molar-refractivity contribution in [2.24, 2.45) is 11.7 Å². The average molecular weight is 304 g/mol. The molecule has 4 nitrogen and oxygen atoms in total. The van der Waals surface area contributed by atoms with E-state index in [1.54, 1.807) is 0 Å². The predicted molar refractivity (Wildman–Crippen MR) is 89.0 cm³/mol. The highest BCUT2D eigenvalue weighted by Gasteiger charge is 2.37. The average Bonchev–Trinajstić information content (AvgIpc) is 2.45. The SMILES string of the molecule is Cc1cccc(C)c1OCCNC(=O)C1CCCCC1(C)N. The maximum Gasteiger partial charge on any atom is 0.225 e. The molecule has 0 aromatic heterocycles. The summed E-state index contributed by atoms with van der Waals surface area (Å²) in [6.45, 7) is 7.04. The monoisotopic (exact) mass is 304 g/mol. The molecule has 1 aromatic carbocycles. The van der Waals surface area contributed by atoms with Crippen molar-refractivity contribution in [3.63, 3.8) is 0 Å². The van der Waals surface area contributed by atoms with E-state index in [2.05, 4.69) is 5.32 Å². The minimum atomic E-state index is -0.379. The van der Waals surface area contributed by atoms with Crippen LogP contribution in [0.25, 0.3) is 0 Å². The molecule has 0 radical (unpaired) electrons. The smallest absolute Gasteiger partial charge is 0.225 e. The molecule has 1 saturated carbocycles. The Morgan fingerprint density at radius 1 is 1.36 bits per heavy atom. The van der Waals surface area contributed by atoms with Crippen molar-refractivity contribution in [2.45, 2.75) is 52.0 Å². The highest BCUT2D eigenvalue weighted by atomic mass is 16.5. The standard InChI is InChI=1S/C18H28N2O2/c1-13-7-6-8-14(2)16(13)22-12-11-20-17(21)15-9-4-5-10-18(15,3)19/h6-8,15H,4-5,9-12,19H2,1-3H3,(H,20,21). The lowest BCUT2D eigenvalue weighted by Gasteiger charge is -2.37. The van der Waals surface area contributed by atoms with Gasteiger partial charge in [-0.15, -0.1) is 0 Å². The van der Waals surface area contributed by atoms with Crippen molar-refractivity contribution in [2.75, 3.05) is 13.2 Å². The second kappa shape index (κ2) is 7.14. The fourth-order valence-electron chi connectivity index (χ4n) is 3.27. The maximum atomic E-state index is 12.3. The molecule has 1 fully saturated rings. The van der Waals surface area contributed by atoms with Crippen LogP contribution in [0.2, 0.25) is 0 Å². The Hall–Kier alpha value is -1.55. The molecule has 0 aliphatic heterocycles. The van der Waals surface area contributed by atoms with Gasteiger partial charge in [-0.1, -0.05) is 31.0 Å². The van der Waals surface area contributed by atoms with Crippen LogP contribution in [0.3, 0.4) is 0 Å². The van der Waals surface area contributed by atoms with Crippen LogP contribution in [0.4, 0.5) is 0 Å². The number of amides is 1. The number of carbonyl (C=O) groups excluding carboxylic acids is 1. The van der Waals surface area contributed by atoms with Gasteiger partial charge >= 0.3 is 0 Å². The molecule has 0 bridgehead atoms. The third kappa shape index (κ3) is 4.01. The summed E-state index contributed by atoms with van der Waals surface area (Å²) in [6, 6.07) is 6.08. The lowest BCUT2D eigenvalue weighted by molar-refractivity contribution is -0.128. The molecule has 122 valence electrons. The van der Waals surface area contributed by atoms with Crippen LogP contribution in [0, 0.1) is 19.8 Å². The zero-order chi connectivity index (χ0) is 16.2. The number of carbonyl (C=O) groups is 1. The van der Waals surface area contributed by atoms with Gasteiger partial charge in [-0.25, -0.2) is 0 Å². The van der Waals surface area contributed by atoms with Crippen molar-refractivity contribution in [1.29, 1.82) is 0 Å². The molecule has 2 rings (SSSR count). The molecule has 1 aliphatic carbocycles. The number of aryl methyl sites for hydroxylation is 2. The number of hydrogen-bond donors (Lipinski definition) is 2. The Balaban J connectivity index is 1.80. The lowest BCUT2D eigenvalue weighted by Crippen LogP contribution is -2.53. The first kappa shape index (κ1) is 16.8. The predicted octanol–water partition coefficient (Wildman–Crippen LogP) is 2.71. The Morgan fingerprint density at radius 2 is 2.05 bits per heavy atom. The van der Waals surface area contributed by atoms with Crippen molar-refractivity contribution < 1.29 is 9.53 Å². The first-order chi connectivity index (χ1) is 10.4. The second-order valence-corrected chi connectivity index (χ2v) is 6.66. The Labute approximate surface area is 133 Å². The van der Waals surface area contributed by atoms with Gasteiger partial charge in [0.1, 0.15) is 12.4 Å². The Kier molecular flexibility index (Phi) is 5.46. The fourth-order valence-corrected chi connectivity index (χ4v) is 3.27. The quantitative estimate of drug-likeness (QED) is 0.822. The van der Waals surface area contributed by atoms with E-state index in [1.807, 2.05) is 39.0 Å². The van der Waals surface area contributed by atoms with Crippen molar-refractivity contribution in [1.82, 2.24) is 5.32 Å². The van der Waals surface area contributed by atoms with Crippen LogP contribution in [0.1, 0.15) is 43.7 Å². The molecule has 0 saturated heterocycles. The molecule has 0 spiro atoms. The summed E-state index contributed by atoms with van der Waals surface area (Å²) < 4.78 is 5.81. The number of hydrogen-bond acceptors (Lipinski definition) is 3. The molecule has 0 heterocycles. The number of para-hydroxylation sites is 1. The number of nitrogens with one attached hydrogen (secondary N) is 1. The number of rotatable bonds is 5. The summed E-state index contributed by atoms with van der Waals surface area (Å²) in [5, 5.41) is 2.97. The highest BCUT2D eigenvalue weighted by Crippen LogP contribution is 2.31. The van der Waals surface area contributed by atoms with Crippen LogP contribution in [0.15, 0.2) is 18.2 Å². The van der Waals surface area contributed by atoms with Crippen molar-refractivity contribution in [3.8, 4) is 5.75 Å². The number of benzene rings is 1. The first-order valence-corrected chi connectivity index (χ1v) is 8.17. The van der Waals surface area contributed by atoms with Gasteiger partial charge in [-0.2, -0.15) is 0 Å². The lowest BCUT2D eigenvalue weighted by atomic mass is 9.74. The minimum Gasteiger partial charge on any atom is -0.491 e. The van der Waals surface area contributed by atoms with Crippen molar-refractivity contribution >= 4 is 5.91 Å². The van der Waals surface area contributed by atoms with E-state index in [1.165, 1.54) is 0 Å². The Bertz CT molecular complexity index is 506. The van der Waals surface area contributed by atoms with E-state index in [4.69, 9.17) is 10.5 Å².